The molecule has 1 aliphatic rings. The highest BCUT2D eigenvalue weighted by Gasteiger charge is 2.24. The minimum Gasteiger partial charge on any atom is -0.350 e. The van der Waals surface area contributed by atoms with Crippen LogP contribution in [0.1, 0.15) is 30.5 Å². The molecule has 2 rings (SSSR count). The van der Waals surface area contributed by atoms with Gasteiger partial charge in [-0.1, -0.05) is 28.1 Å². The Morgan fingerprint density at radius 3 is 3.07 bits per heavy atom. The lowest BCUT2D eigenvalue weighted by atomic mass is 10.1. The van der Waals surface area contributed by atoms with Crippen molar-refractivity contribution in [1.29, 1.82) is 0 Å². The van der Waals surface area contributed by atoms with E-state index in [2.05, 4.69) is 33.4 Å². The Morgan fingerprint density at radius 2 is 2.36 bits per heavy atom. The quantitative estimate of drug-likeness (QED) is 0.819. The normalized spacial score (nSPS) is 19.1. The summed E-state index contributed by atoms with van der Waals surface area (Å²) in [5.41, 5.74) is 2.60. The molecule has 0 aliphatic heterocycles. The lowest BCUT2D eigenvalue weighted by Gasteiger charge is -2.12. The van der Waals surface area contributed by atoms with E-state index in [1.165, 1.54) is 11.1 Å². The van der Waals surface area contributed by atoms with Crippen LogP contribution in [-0.2, 0) is 11.2 Å². The molecule has 1 aromatic carbocycles. The zero-order valence-corrected chi connectivity index (χ0v) is 9.60. The van der Waals surface area contributed by atoms with Crippen molar-refractivity contribution >= 4 is 21.8 Å². The molecule has 0 bridgehead atoms. The second-order valence-electron chi connectivity index (χ2n) is 3.60. The molecule has 14 heavy (non-hydrogen) atoms. The topological polar surface area (TPSA) is 29.1 Å². The van der Waals surface area contributed by atoms with Crippen LogP contribution in [0.15, 0.2) is 22.7 Å². The molecule has 74 valence electrons. The molecule has 0 saturated carbocycles. The van der Waals surface area contributed by atoms with E-state index in [0.717, 1.165) is 17.3 Å². The second kappa shape index (κ2) is 3.73. The molecule has 1 N–H and O–H groups in total. The third kappa shape index (κ3) is 1.69. The van der Waals surface area contributed by atoms with E-state index in [4.69, 9.17) is 0 Å². The fourth-order valence-electron chi connectivity index (χ4n) is 2.01. The Balaban J connectivity index is 2.30. The summed E-state index contributed by atoms with van der Waals surface area (Å²) in [7, 11) is 0. The first-order valence-electron chi connectivity index (χ1n) is 4.73. The molecule has 1 aliphatic carbocycles. The van der Waals surface area contributed by atoms with Gasteiger partial charge < -0.3 is 5.32 Å². The van der Waals surface area contributed by atoms with Crippen LogP contribution in [0, 0.1) is 0 Å². The molecule has 1 unspecified atom stereocenters. The van der Waals surface area contributed by atoms with E-state index in [0.29, 0.717) is 0 Å². The molecule has 0 aromatic heterocycles. The summed E-state index contributed by atoms with van der Waals surface area (Å²) in [6, 6.07) is 6.37. The molecule has 0 heterocycles. The highest BCUT2D eigenvalue weighted by atomic mass is 79.9. The number of hydrogen-bond acceptors (Lipinski definition) is 1. The van der Waals surface area contributed by atoms with Crippen LogP contribution in [0.5, 0.6) is 0 Å². The molecule has 1 atom stereocenters. The third-order valence-corrected chi connectivity index (χ3v) is 3.33. The van der Waals surface area contributed by atoms with Gasteiger partial charge in [0.15, 0.2) is 0 Å². The molecule has 0 radical (unpaired) electrons. The van der Waals surface area contributed by atoms with E-state index in [1.807, 2.05) is 6.07 Å². The van der Waals surface area contributed by atoms with Crippen molar-refractivity contribution in [1.82, 2.24) is 5.32 Å². The number of halogens is 1. The largest absolute Gasteiger partial charge is 0.350 e. The monoisotopic (exact) mass is 253 g/mol. The summed E-state index contributed by atoms with van der Waals surface area (Å²) in [6.45, 7) is 1.57. The van der Waals surface area contributed by atoms with E-state index in [9.17, 15) is 4.79 Å². The summed E-state index contributed by atoms with van der Waals surface area (Å²) >= 11 is 3.53. The van der Waals surface area contributed by atoms with E-state index >= 15 is 0 Å². The van der Waals surface area contributed by atoms with Crippen molar-refractivity contribution in [2.45, 2.75) is 25.8 Å². The van der Waals surface area contributed by atoms with Crippen molar-refractivity contribution in [3.8, 4) is 0 Å². The third-order valence-electron chi connectivity index (χ3n) is 2.59. The van der Waals surface area contributed by atoms with Gasteiger partial charge in [0.25, 0.3) is 0 Å². The van der Waals surface area contributed by atoms with Gasteiger partial charge in [-0.3, -0.25) is 4.79 Å². The number of rotatable bonds is 1. The van der Waals surface area contributed by atoms with Gasteiger partial charge >= 0.3 is 0 Å². The molecule has 2 nitrogen and oxygen atoms in total. The van der Waals surface area contributed by atoms with Gasteiger partial charge in [0.1, 0.15) is 0 Å². The minimum absolute atomic E-state index is 0.0443. The van der Waals surface area contributed by atoms with E-state index < -0.39 is 0 Å². The van der Waals surface area contributed by atoms with Crippen LogP contribution >= 0.6 is 15.9 Å². The lowest BCUT2D eigenvalue weighted by molar-refractivity contribution is -0.119. The maximum atomic E-state index is 11.0. The smallest absolute Gasteiger partial charge is 0.217 e. The minimum atomic E-state index is 0.0443. The maximum absolute atomic E-state index is 11.0. The predicted octanol–water partition coefficient (Wildman–Crippen LogP) is 2.57. The molecule has 0 spiro atoms. The van der Waals surface area contributed by atoms with Crippen molar-refractivity contribution in [3.63, 3.8) is 0 Å². The number of carbonyl (C=O) groups excluding carboxylic acids is 1. The second-order valence-corrected chi connectivity index (χ2v) is 4.45. The highest BCUT2D eigenvalue weighted by molar-refractivity contribution is 9.10. The number of hydrogen-bond donors (Lipinski definition) is 1. The number of amides is 1. The average Bonchev–Trinajstić information content (AvgIpc) is 2.49. The predicted molar refractivity (Wildman–Crippen MR) is 59.0 cm³/mol. The van der Waals surface area contributed by atoms with Gasteiger partial charge in [-0.05, 0) is 30.0 Å². The van der Waals surface area contributed by atoms with Gasteiger partial charge in [0, 0.05) is 11.4 Å². The summed E-state index contributed by atoms with van der Waals surface area (Å²) < 4.78 is 1.16. The fraction of sp³-hybridized carbons (Fsp3) is 0.364. The first-order valence-corrected chi connectivity index (χ1v) is 5.52. The van der Waals surface area contributed by atoms with Crippen molar-refractivity contribution in [2.24, 2.45) is 0 Å². The molecular formula is C11H12BrNO. The number of nitrogens with one attached hydrogen (secondary N) is 1. The number of carbonyl (C=O) groups is 1. The molecular weight excluding hydrogens is 242 g/mol. The van der Waals surface area contributed by atoms with Crippen LogP contribution in [-0.4, -0.2) is 5.91 Å². The maximum Gasteiger partial charge on any atom is 0.217 e. The molecule has 0 fully saturated rings. The van der Waals surface area contributed by atoms with Gasteiger partial charge in [-0.2, -0.15) is 0 Å². The summed E-state index contributed by atoms with van der Waals surface area (Å²) in [5, 5.41) is 2.97. The highest BCUT2D eigenvalue weighted by Crippen LogP contribution is 2.35. The Morgan fingerprint density at radius 1 is 1.57 bits per heavy atom. The zero-order valence-electron chi connectivity index (χ0n) is 8.01. The van der Waals surface area contributed by atoms with Crippen molar-refractivity contribution in [2.75, 3.05) is 0 Å². The first-order chi connectivity index (χ1) is 6.68. The van der Waals surface area contributed by atoms with Crippen LogP contribution in [0.25, 0.3) is 0 Å². The lowest BCUT2D eigenvalue weighted by Crippen LogP contribution is -2.24. The van der Waals surface area contributed by atoms with E-state index in [1.54, 1.807) is 6.92 Å². The Labute approximate surface area is 91.8 Å². The summed E-state index contributed by atoms with van der Waals surface area (Å²) in [4.78, 5) is 11.0. The Hall–Kier alpha value is -0.830. The van der Waals surface area contributed by atoms with Gasteiger partial charge in [0.2, 0.25) is 5.91 Å². The fourth-order valence-corrected chi connectivity index (χ4v) is 2.58. The number of benzene rings is 1. The SMILES string of the molecule is CC(=O)NC1CCc2c(Br)cccc21. The Kier molecular flexibility index (Phi) is 2.59. The summed E-state index contributed by atoms with van der Waals surface area (Å²) in [6.07, 6.45) is 2.05. The molecule has 0 saturated heterocycles. The number of fused-ring (bicyclic) bond motifs is 1. The van der Waals surface area contributed by atoms with Gasteiger partial charge in [0.05, 0.1) is 6.04 Å². The molecule has 1 aromatic rings. The standard InChI is InChI=1S/C11H12BrNO/c1-7(14)13-11-6-5-8-9(11)3-2-4-10(8)12/h2-4,11H,5-6H2,1H3,(H,13,14). The average molecular weight is 254 g/mol. The zero-order chi connectivity index (χ0) is 10.1. The van der Waals surface area contributed by atoms with Crippen molar-refractivity contribution < 1.29 is 4.79 Å². The van der Waals surface area contributed by atoms with Gasteiger partial charge in [-0.25, -0.2) is 0 Å². The Bertz CT molecular complexity index is 376. The van der Waals surface area contributed by atoms with Crippen LogP contribution in [0.3, 0.4) is 0 Å². The van der Waals surface area contributed by atoms with Crippen LogP contribution < -0.4 is 5.32 Å². The van der Waals surface area contributed by atoms with E-state index in [-0.39, 0.29) is 11.9 Å². The van der Waals surface area contributed by atoms with Crippen LogP contribution in [0.4, 0.5) is 0 Å². The van der Waals surface area contributed by atoms with Crippen LogP contribution in [0.2, 0.25) is 0 Å². The van der Waals surface area contributed by atoms with Crippen molar-refractivity contribution in [3.05, 3.63) is 33.8 Å². The first kappa shape index (κ1) is 9.71. The molecule has 3 heteroatoms. The molecule has 1 amide bonds. The summed E-state index contributed by atoms with van der Waals surface area (Å²) in [5.74, 6) is 0.0443. The van der Waals surface area contributed by atoms with Gasteiger partial charge in [-0.15, -0.1) is 0 Å².